The average molecular weight is 240 g/mol. The lowest BCUT2D eigenvalue weighted by molar-refractivity contribution is 0.101. The van der Waals surface area contributed by atoms with Gasteiger partial charge in [0.15, 0.2) is 5.78 Å². The Bertz CT molecular complexity index is 363. The molecule has 1 aromatic rings. The number of carbonyl (C=O) groups is 1. The number of Topliss-reactive ketones (excluding diaryl/α,β-unsaturated/α-hetero) is 1. The summed E-state index contributed by atoms with van der Waals surface area (Å²) < 4.78 is 13.0. The molecular formula is C13H17FOS. The summed E-state index contributed by atoms with van der Waals surface area (Å²) in [6.45, 7) is 3.63. The Kier molecular flexibility index (Phi) is 5.53. The van der Waals surface area contributed by atoms with E-state index in [2.05, 4.69) is 6.92 Å². The second-order valence-corrected chi connectivity index (χ2v) is 4.89. The van der Waals surface area contributed by atoms with Crippen LogP contribution in [0.15, 0.2) is 23.1 Å². The quantitative estimate of drug-likeness (QED) is 0.418. The molecule has 0 atom stereocenters. The maximum atomic E-state index is 13.0. The predicted molar refractivity (Wildman–Crippen MR) is 66.7 cm³/mol. The Morgan fingerprint density at radius 1 is 1.38 bits per heavy atom. The number of hydrogen-bond donors (Lipinski definition) is 0. The van der Waals surface area contributed by atoms with Gasteiger partial charge in [0.2, 0.25) is 0 Å². The first-order valence-electron chi connectivity index (χ1n) is 5.58. The van der Waals surface area contributed by atoms with Crippen LogP contribution in [0.2, 0.25) is 0 Å². The molecule has 0 aromatic heterocycles. The molecule has 0 unspecified atom stereocenters. The van der Waals surface area contributed by atoms with Crippen molar-refractivity contribution < 1.29 is 9.18 Å². The van der Waals surface area contributed by atoms with Gasteiger partial charge in [0.1, 0.15) is 5.82 Å². The Morgan fingerprint density at radius 2 is 2.12 bits per heavy atom. The fourth-order valence-electron chi connectivity index (χ4n) is 1.44. The van der Waals surface area contributed by atoms with E-state index in [9.17, 15) is 9.18 Å². The number of benzene rings is 1. The maximum absolute atomic E-state index is 13.0. The van der Waals surface area contributed by atoms with Crippen LogP contribution in [0.3, 0.4) is 0 Å². The molecular weight excluding hydrogens is 223 g/mol. The van der Waals surface area contributed by atoms with Gasteiger partial charge in [-0.05, 0) is 37.3 Å². The molecule has 3 heteroatoms. The molecule has 0 aliphatic rings. The molecule has 0 aliphatic heterocycles. The zero-order valence-corrected chi connectivity index (χ0v) is 10.6. The number of ketones is 1. The van der Waals surface area contributed by atoms with Crippen molar-refractivity contribution in [2.45, 2.75) is 38.0 Å². The molecule has 0 radical (unpaired) electrons. The Balaban J connectivity index is 2.67. The normalized spacial score (nSPS) is 10.4. The zero-order valence-electron chi connectivity index (χ0n) is 9.75. The summed E-state index contributed by atoms with van der Waals surface area (Å²) in [7, 11) is 0. The molecule has 0 saturated heterocycles. The van der Waals surface area contributed by atoms with E-state index in [1.807, 2.05) is 0 Å². The van der Waals surface area contributed by atoms with Gasteiger partial charge in [-0.25, -0.2) is 4.39 Å². The largest absolute Gasteiger partial charge is 0.294 e. The van der Waals surface area contributed by atoms with Crippen LogP contribution in [0.25, 0.3) is 0 Å². The van der Waals surface area contributed by atoms with Crippen LogP contribution in [0.5, 0.6) is 0 Å². The first-order chi connectivity index (χ1) is 7.65. The summed E-state index contributed by atoms with van der Waals surface area (Å²) in [6.07, 6.45) is 3.52. The standard InChI is InChI=1S/C13H17FOS/c1-3-4-5-8-16-13-7-6-11(14)9-12(13)10(2)15/h6-7,9H,3-5,8H2,1-2H3. The van der Waals surface area contributed by atoms with E-state index in [-0.39, 0.29) is 11.6 Å². The van der Waals surface area contributed by atoms with Crippen LogP contribution >= 0.6 is 11.8 Å². The summed E-state index contributed by atoms with van der Waals surface area (Å²) in [4.78, 5) is 12.2. The molecule has 1 rings (SSSR count). The van der Waals surface area contributed by atoms with Gasteiger partial charge in [-0.15, -0.1) is 11.8 Å². The van der Waals surface area contributed by atoms with E-state index in [0.717, 1.165) is 17.1 Å². The summed E-state index contributed by atoms with van der Waals surface area (Å²) >= 11 is 1.64. The van der Waals surface area contributed by atoms with Crippen LogP contribution < -0.4 is 0 Å². The topological polar surface area (TPSA) is 17.1 Å². The van der Waals surface area contributed by atoms with Crippen molar-refractivity contribution in [3.8, 4) is 0 Å². The van der Waals surface area contributed by atoms with Crippen molar-refractivity contribution in [3.63, 3.8) is 0 Å². The Morgan fingerprint density at radius 3 is 2.75 bits per heavy atom. The van der Waals surface area contributed by atoms with E-state index >= 15 is 0 Å². The fraction of sp³-hybridized carbons (Fsp3) is 0.462. The highest BCUT2D eigenvalue weighted by Gasteiger charge is 2.08. The molecule has 0 fully saturated rings. The molecule has 0 bridgehead atoms. The predicted octanol–water partition coefficient (Wildman–Crippen LogP) is 4.31. The third-order valence-electron chi connectivity index (χ3n) is 2.33. The highest BCUT2D eigenvalue weighted by Crippen LogP contribution is 2.25. The van der Waals surface area contributed by atoms with Crippen molar-refractivity contribution in [1.29, 1.82) is 0 Å². The first-order valence-corrected chi connectivity index (χ1v) is 6.57. The minimum atomic E-state index is -0.344. The van der Waals surface area contributed by atoms with Gasteiger partial charge in [0.05, 0.1) is 0 Å². The fourth-order valence-corrected chi connectivity index (χ4v) is 2.53. The van der Waals surface area contributed by atoms with Crippen LogP contribution in [-0.2, 0) is 0 Å². The molecule has 0 aliphatic carbocycles. The number of rotatable bonds is 6. The molecule has 0 spiro atoms. The lowest BCUT2D eigenvalue weighted by atomic mass is 10.1. The van der Waals surface area contributed by atoms with Crippen molar-refractivity contribution in [3.05, 3.63) is 29.6 Å². The lowest BCUT2D eigenvalue weighted by Crippen LogP contribution is -1.96. The molecule has 1 aromatic carbocycles. The van der Waals surface area contributed by atoms with Crippen molar-refractivity contribution >= 4 is 17.5 Å². The Labute approximate surface area is 100 Å². The van der Waals surface area contributed by atoms with Crippen molar-refractivity contribution in [2.75, 3.05) is 5.75 Å². The number of unbranched alkanes of at least 4 members (excludes halogenated alkanes) is 2. The summed E-state index contributed by atoms with van der Waals surface area (Å²) in [5.41, 5.74) is 0.501. The molecule has 0 N–H and O–H groups in total. The van der Waals surface area contributed by atoms with E-state index < -0.39 is 0 Å². The third kappa shape index (κ3) is 3.97. The Hall–Kier alpha value is -0.830. The van der Waals surface area contributed by atoms with E-state index in [4.69, 9.17) is 0 Å². The summed E-state index contributed by atoms with van der Waals surface area (Å²) in [5, 5.41) is 0. The highest BCUT2D eigenvalue weighted by molar-refractivity contribution is 7.99. The highest BCUT2D eigenvalue weighted by atomic mass is 32.2. The summed E-state index contributed by atoms with van der Waals surface area (Å²) in [5.74, 6) is 0.570. The number of thioether (sulfide) groups is 1. The molecule has 1 nitrogen and oxygen atoms in total. The van der Waals surface area contributed by atoms with Crippen molar-refractivity contribution in [2.24, 2.45) is 0 Å². The maximum Gasteiger partial charge on any atom is 0.161 e. The van der Waals surface area contributed by atoms with Gasteiger partial charge in [-0.2, -0.15) is 0 Å². The van der Waals surface area contributed by atoms with Gasteiger partial charge >= 0.3 is 0 Å². The van der Waals surface area contributed by atoms with Gasteiger partial charge < -0.3 is 0 Å². The third-order valence-corrected chi connectivity index (χ3v) is 3.49. The second-order valence-electron chi connectivity index (χ2n) is 3.75. The van der Waals surface area contributed by atoms with Gasteiger partial charge in [-0.3, -0.25) is 4.79 Å². The molecule has 16 heavy (non-hydrogen) atoms. The molecule has 0 amide bonds. The molecule has 0 heterocycles. The van der Waals surface area contributed by atoms with E-state index in [1.165, 1.54) is 31.9 Å². The zero-order chi connectivity index (χ0) is 12.0. The summed E-state index contributed by atoms with van der Waals surface area (Å²) in [6, 6.07) is 4.43. The number of carbonyl (C=O) groups excluding carboxylic acids is 1. The lowest BCUT2D eigenvalue weighted by Gasteiger charge is -2.06. The smallest absolute Gasteiger partial charge is 0.161 e. The van der Waals surface area contributed by atoms with E-state index in [0.29, 0.717) is 5.56 Å². The monoisotopic (exact) mass is 240 g/mol. The minimum absolute atomic E-state index is 0.0718. The minimum Gasteiger partial charge on any atom is -0.294 e. The van der Waals surface area contributed by atoms with Crippen LogP contribution in [-0.4, -0.2) is 11.5 Å². The number of halogens is 1. The van der Waals surface area contributed by atoms with E-state index in [1.54, 1.807) is 17.8 Å². The van der Waals surface area contributed by atoms with Crippen molar-refractivity contribution in [1.82, 2.24) is 0 Å². The SMILES string of the molecule is CCCCCSc1ccc(F)cc1C(C)=O. The average Bonchev–Trinajstić information content (AvgIpc) is 2.26. The van der Waals surface area contributed by atoms with Gasteiger partial charge in [0, 0.05) is 10.5 Å². The molecule has 88 valence electrons. The van der Waals surface area contributed by atoms with Gasteiger partial charge in [0.25, 0.3) is 0 Å². The van der Waals surface area contributed by atoms with Crippen LogP contribution in [0.4, 0.5) is 4.39 Å². The number of hydrogen-bond acceptors (Lipinski definition) is 2. The van der Waals surface area contributed by atoms with Gasteiger partial charge in [-0.1, -0.05) is 19.8 Å². The molecule has 0 saturated carbocycles. The van der Waals surface area contributed by atoms with Crippen LogP contribution in [0, 0.1) is 5.82 Å². The second kappa shape index (κ2) is 6.69. The first kappa shape index (κ1) is 13.2. The van der Waals surface area contributed by atoms with Crippen LogP contribution in [0.1, 0.15) is 43.5 Å².